The number of benzene rings is 1. The number of fused-ring (bicyclic) bond motifs is 1. The Balaban J connectivity index is 1.97. The molecule has 1 aromatic carbocycles. The van der Waals surface area contributed by atoms with Crippen molar-refractivity contribution >= 4 is 28.7 Å². The highest BCUT2D eigenvalue weighted by Gasteiger charge is 2.16. The second kappa shape index (κ2) is 3.96. The van der Waals surface area contributed by atoms with E-state index in [9.17, 15) is 0 Å². The molecule has 2 aromatic rings. The van der Waals surface area contributed by atoms with Crippen LogP contribution in [-0.2, 0) is 0 Å². The Morgan fingerprint density at radius 1 is 1.31 bits per heavy atom. The van der Waals surface area contributed by atoms with Gasteiger partial charge in [-0.2, -0.15) is 4.98 Å². The van der Waals surface area contributed by atoms with Crippen molar-refractivity contribution < 1.29 is 4.42 Å². The molecule has 0 radical (unpaired) electrons. The average Bonchev–Trinajstić information content (AvgIpc) is 2.73. The topological polar surface area (TPSA) is 41.3 Å². The van der Waals surface area contributed by atoms with Gasteiger partial charge in [-0.25, -0.2) is 0 Å². The number of oxazole rings is 1. The van der Waals surface area contributed by atoms with Crippen LogP contribution >= 0.6 is 11.6 Å². The van der Waals surface area contributed by atoms with Crippen molar-refractivity contribution in [1.29, 1.82) is 0 Å². The van der Waals surface area contributed by atoms with Crippen LogP contribution < -0.4 is 10.2 Å². The molecule has 1 N–H and O–H groups in total. The summed E-state index contributed by atoms with van der Waals surface area (Å²) in [5, 5.41) is 3.97. The second-order valence-electron chi connectivity index (χ2n) is 3.85. The van der Waals surface area contributed by atoms with Gasteiger partial charge in [0.15, 0.2) is 5.58 Å². The molecule has 16 heavy (non-hydrogen) atoms. The summed E-state index contributed by atoms with van der Waals surface area (Å²) in [5.74, 6) is 0. The van der Waals surface area contributed by atoms with E-state index in [0.29, 0.717) is 11.0 Å². The Bertz CT molecular complexity index is 505. The highest BCUT2D eigenvalue weighted by molar-refractivity contribution is 6.31. The Hall–Kier alpha value is -1.26. The maximum absolute atomic E-state index is 5.90. The molecule has 0 aliphatic carbocycles. The number of rotatable bonds is 1. The van der Waals surface area contributed by atoms with Gasteiger partial charge >= 0.3 is 0 Å². The largest absolute Gasteiger partial charge is 0.423 e. The summed E-state index contributed by atoms with van der Waals surface area (Å²) in [6.07, 6.45) is 0. The number of aromatic nitrogens is 1. The lowest BCUT2D eigenvalue weighted by Crippen LogP contribution is -2.43. The van der Waals surface area contributed by atoms with E-state index in [2.05, 4.69) is 15.2 Å². The molecule has 0 spiro atoms. The molecule has 1 aliphatic heterocycles. The van der Waals surface area contributed by atoms with Gasteiger partial charge in [0.2, 0.25) is 0 Å². The van der Waals surface area contributed by atoms with Gasteiger partial charge < -0.3 is 14.6 Å². The van der Waals surface area contributed by atoms with Crippen LogP contribution in [0.3, 0.4) is 0 Å². The number of piperazine rings is 1. The number of nitrogens with zero attached hydrogens (tertiary/aromatic N) is 2. The van der Waals surface area contributed by atoms with Gasteiger partial charge in [0.05, 0.1) is 0 Å². The molecule has 0 unspecified atom stereocenters. The quantitative estimate of drug-likeness (QED) is 0.823. The predicted molar refractivity (Wildman–Crippen MR) is 64.1 cm³/mol. The fraction of sp³-hybridized carbons (Fsp3) is 0.364. The zero-order valence-electron chi connectivity index (χ0n) is 8.74. The lowest BCUT2D eigenvalue weighted by atomic mass is 10.3. The van der Waals surface area contributed by atoms with Crippen molar-refractivity contribution in [3.05, 3.63) is 23.2 Å². The molecule has 4 nitrogen and oxygen atoms in total. The van der Waals surface area contributed by atoms with Crippen LogP contribution in [0.5, 0.6) is 0 Å². The minimum absolute atomic E-state index is 0.676. The highest BCUT2D eigenvalue weighted by atomic mass is 35.5. The first-order chi connectivity index (χ1) is 7.83. The molecule has 0 saturated carbocycles. The molecular formula is C11H12ClN3O. The van der Waals surface area contributed by atoms with E-state index >= 15 is 0 Å². The van der Waals surface area contributed by atoms with E-state index in [0.717, 1.165) is 37.3 Å². The molecule has 2 heterocycles. The van der Waals surface area contributed by atoms with Crippen molar-refractivity contribution in [3.8, 4) is 0 Å². The molecule has 0 atom stereocenters. The minimum Gasteiger partial charge on any atom is -0.423 e. The molecule has 1 aliphatic rings. The monoisotopic (exact) mass is 237 g/mol. The number of hydrogen-bond acceptors (Lipinski definition) is 4. The van der Waals surface area contributed by atoms with E-state index < -0.39 is 0 Å². The van der Waals surface area contributed by atoms with Crippen LogP contribution in [0, 0.1) is 0 Å². The molecular weight excluding hydrogens is 226 g/mol. The Labute approximate surface area is 98.2 Å². The third kappa shape index (κ3) is 1.74. The van der Waals surface area contributed by atoms with E-state index in [1.165, 1.54) is 0 Å². The SMILES string of the molecule is Clc1ccc2nc(N3CCNCC3)oc2c1. The summed E-state index contributed by atoms with van der Waals surface area (Å²) < 4.78 is 5.69. The summed E-state index contributed by atoms with van der Waals surface area (Å²) in [6.45, 7) is 3.81. The first-order valence-corrected chi connectivity index (χ1v) is 5.72. The highest BCUT2D eigenvalue weighted by Crippen LogP contribution is 2.24. The summed E-state index contributed by atoms with van der Waals surface area (Å²) in [5.41, 5.74) is 1.61. The van der Waals surface area contributed by atoms with Gasteiger partial charge in [0.25, 0.3) is 6.01 Å². The Morgan fingerprint density at radius 3 is 2.94 bits per heavy atom. The lowest BCUT2D eigenvalue weighted by Gasteiger charge is -2.25. The van der Waals surface area contributed by atoms with Crippen LogP contribution in [0.2, 0.25) is 5.02 Å². The Morgan fingerprint density at radius 2 is 2.12 bits per heavy atom. The van der Waals surface area contributed by atoms with Gasteiger partial charge in [-0.3, -0.25) is 0 Å². The number of halogens is 1. The van der Waals surface area contributed by atoms with Crippen LogP contribution in [0.15, 0.2) is 22.6 Å². The third-order valence-electron chi connectivity index (χ3n) is 2.73. The molecule has 3 rings (SSSR count). The van der Waals surface area contributed by atoms with E-state index in [1.54, 1.807) is 6.07 Å². The number of nitrogens with one attached hydrogen (secondary N) is 1. The van der Waals surface area contributed by atoms with E-state index in [-0.39, 0.29) is 0 Å². The Kier molecular flexibility index (Phi) is 2.46. The van der Waals surface area contributed by atoms with Crippen molar-refractivity contribution in [2.24, 2.45) is 0 Å². The lowest BCUT2D eigenvalue weighted by molar-refractivity contribution is 0.517. The summed E-state index contributed by atoms with van der Waals surface area (Å²) >= 11 is 5.90. The summed E-state index contributed by atoms with van der Waals surface area (Å²) in [7, 11) is 0. The molecule has 1 aromatic heterocycles. The van der Waals surface area contributed by atoms with Crippen molar-refractivity contribution in [3.63, 3.8) is 0 Å². The van der Waals surface area contributed by atoms with Crippen LogP contribution in [0.25, 0.3) is 11.1 Å². The van der Waals surface area contributed by atoms with Gasteiger partial charge in [0, 0.05) is 37.3 Å². The maximum Gasteiger partial charge on any atom is 0.298 e. The average molecular weight is 238 g/mol. The molecule has 5 heteroatoms. The van der Waals surface area contributed by atoms with Crippen molar-refractivity contribution in [1.82, 2.24) is 10.3 Å². The van der Waals surface area contributed by atoms with E-state index in [1.807, 2.05) is 12.1 Å². The first kappa shape index (κ1) is 9.93. The van der Waals surface area contributed by atoms with Gasteiger partial charge in [-0.1, -0.05) is 11.6 Å². The maximum atomic E-state index is 5.90. The second-order valence-corrected chi connectivity index (χ2v) is 4.28. The standard InChI is InChI=1S/C11H12ClN3O/c12-8-1-2-9-10(7-8)16-11(14-9)15-5-3-13-4-6-15/h1-2,7,13H,3-6H2. The van der Waals surface area contributed by atoms with Crippen LogP contribution in [0.1, 0.15) is 0 Å². The molecule has 1 saturated heterocycles. The zero-order chi connectivity index (χ0) is 11.0. The van der Waals surface area contributed by atoms with Crippen LogP contribution in [0.4, 0.5) is 6.01 Å². The summed E-state index contributed by atoms with van der Waals surface area (Å²) in [6, 6.07) is 6.20. The van der Waals surface area contributed by atoms with Crippen LogP contribution in [-0.4, -0.2) is 31.2 Å². The molecule has 0 bridgehead atoms. The smallest absolute Gasteiger partial charge is 0.298 e. The van der Waals surface area contributed by atoms with Gasteiger partial charge in [-0.15, -0.1) is 0 Å². The first-order valence-electron chi connectivity index (χ1n) is 5.35. The molecule has 1 fully saturated rings. The molecule has 84 valence electrons. The van der Waals surface area contributed by atoms with Crippen molar-refractivity contribution in [2.45, 2.75) is 0 Å². The fourth-order valence-electron chi connectivity index (χ4n) is 1.88. The van der Waals surface area contributed by atoms with Gasteiger partial charge in [-0.05, 0) is 12.1 Å². The molecule has 0 amide bonds. The normalized spacial score (nSPS) is 16.9. The van der Waals surface area contributed by atoms with E-state index in [4.69, 9.17) is 16.0 Å². The van der Waals surface area contributed by atoms with Crippen molar-refractivity contribution in [2.75, 3.05) is 31.1 Å². The number of hydrogen-bond donors (Lipinski definition) is 1. The number of anilines is 1. The van der Waals surface area contributed by atoms with Gasteiger partial charge in [0.1, 0.15) is 5.52 Å². The minimum atomic E-state index is 0.676. The predicted octanol–water partition coefficient (Wildman–Crippen LogP) is 1.89. The third-order valence-corrected chi connectivity index (χ3v) is 2.96. The fourth-order valence-corrected chi connectivity index (χ4v) is 2.04. The zero-order valence-corrected chi connectivity index (χ0v) is 9.50. The summed E-state index contributed by atoms with van der Waals surface area (Å²) in [4.78, 5) is 6.59.